The minimum absolute atomic E-state index is 0.239. The first-order valence-corrected chi connectivity index (χ1v) is 8.25. The van der Waals surface area contributed by atoms with Crippen molar-refractivity contribution in [2.24, 2.45) is 0 Å². The molecule has 0 bridgehead atoms. The number of nitrogens with zero attached hydrogens (tertiary/aromatic N) is 1. The van der Waals surface area contributed by atoms with E-state index in [1.165, 1.54) is 0 Å². The molecule has 6 heteroatoms. The first kappa shape index (κ1) is 13.8. The van der Waals surface area contributed by atoms with Crippen LogP contribution in [-0.4, -0.2) is 12.9 Å². The van der Waals surface area contributed by atoms with Crippen molar-refractivity contribution in [3.63, 3.8) is 0 Å². The number of benzene rings is 2. The number of hydrogen-bond donors (Lipinski definition) is 0. The summed E-state index contributed by atoms with van der Waals surface area (Å²) in [5.41, 5.74) is 1.82. The van der Waals surface area contributed by atoms with E-state index < -0.39 is 16.3 Å². The zero-order valence-corrected chi connectivity index (χ0v) is 13.1. The molecule has 0 spiro atoms. The molecule has 0 amide bonds. The second-order valence-electron chi connectivity index (χ2n) is 4.58. The molecule has 2 aromatic rings. The van der Waals surface area contributed by atoms with Crippen LogP contribution in [0.3, 0.4) is 0 Å². The monoisotopic (exact) mass is 353 g/mol. The summed E-state index contributed by atoms with van der Waals surface area (Å²) in [7, 11) is -3.59. The van der Waals surface area contributed by atoms with Crippen molar-refractivity contribution in [3.05, 3.63) is 64.1 Å². The second kappa shape index (κ2) is 4.96. The largest absolute Gasteiger partial charge is 0.267 e. The maximum atomic E-state index is 12.3. The number of sulfonamides is 1. The molecule has 2 atom stereocenters. The van der Waals surface area contributed by atoms with Crippen molar-refractivity contribution >= 4 is 26.0 Å². The molecule has 0 aliphatic carbocycles. The topological polar surface area (TPSA) is 49.7 Å². The Kier molecular flexibility index (Phi) is 3.41. The lowest BCUT2D eigenvalue weighted by Crippen LogP contribution is -2.12. The summed E-state index contributed by atoms with van der Waals surface area (Å²) >= 11 is 3.34. The third kappa shape index (κ3) is 2.52. The first-order valence-electron chi connectivity index (χ1n) is 6.02. The predicted octanol–water partition coefficient (Wildman–Crippen LogP) is 3.39. The Morgan fingerprint density at radius 1 is 1.05 bits per heavy atom. The molecule has 4 nitrogen and oxygen atoms in total. The molecular weight excluding hydrogens is 342 g/mol. The van der Waals surface area contributed by atoms with Gasteiger partial charge in [-0.1, -0.05) is 45.8 Å². The van der Waals surface area contributed by atoms with E-state index in [-0.39, 0.29) is 4.90 Å². The molecule has 1 fully saturated rings. The van der Waals surface area contributed by atoms with Gasteiger partial charge >= 0.3 is 0 Å². The molecule has 1 heterocycles. The Morgan fingerprint density at radius 2 is 1.65 bits per heavy atom. The number of hydrogen-bond acceptors (Lipinski definition) is 3. The Hall–Kier alpha value is -1.21. The van der Waals surface area contributed by atoms with Gasteiger partial charge in [-0.3, -0.25) is 4.84 Å². The number of rotatable bonds is 3. The van der Waals surface area contributed by atoms with Crippen molar-refractivity contribution < 1.29 is 13.3 Å². The van der Waals surface area contributed by atoms with E-state index in [4.69, 9.17) is 4.84 Å². The fourth-order valence-corrected chi connectivity index (χ4v) is 3.40. The SMILES string of the molecule is Cc1ccc(S(=O)(=O)N2O[C@@H]2c2ccc(Br)cc2)cc1. The molecule has 1 aliphatic heterocycles. The van der Waals surface area contributed by atoms with E-state index >= 15 is 0 Å². The summed E-state index contributed by atoms with van der Waals surface area (Å²) in [5.74, 6) is 0. The summed E-state index contributed by atoms with van der Waals surface area (Å²) in [6.07, 6.45) is -0.533. The van der Waals surface area contributed by atoms with Gasteiger partial charge in [-0.25, -0.2) is 8.42 Å². The average molecular weight is 354 g/mol. The zero-order valence-electron chi connectivity index (χ0n) is 10.7. The van der Waals surface area contributed by atoms with Gasteiger partial charge in [0.2, 0.25) is 0 Å². The van der Waals surface area contributed by atoms with Crippen molar-refractivity contribution in [3.8, 4) is 0 Å². The Bertz CT molecular complexity index is 726. The Balaban J connectivity index is 1.84. The van der Waals surface area contributed by atoms with Gasteiger partial charge in [0.15, 0.2) is 6.23 Å². The van der Waals surface area contributed by atoms with Crippen LogP contribution in [0.25, 0.3) is 0 Å². The van der Waals surface area contributed by atoms with E-state index in [9.17, 15) is 8.42 Å². The van der Waals surface area contributed by atoms with Crippen LogP contribution in [0.1, 0.15) is 17.4 Å². The van der Waals surface area contributed by atoms with Crippen LogP contribution in [0, 0.1) is 6.92 Å². The van der Waals surface area contributed by atoms with Crippen molar-refractivity contribution in [1.29, 1.82) is 0 Å². The standard InChI is InChI=1S/C14H12BrNO3S/c1-10-2-8-13(9-3-10)20(17,18)16-14(19-16)11-4-6-12(15)7-5-11/h2-9,14H,1H3/t14-,16?/m1/s1. The van der Waals surface area contributed by atoms with E-state index in [0.29, 0.717) is 0 Å². The zero-order chi connectivity index (χ0) is 14.3. The van der Waals surface area contributed by atoms with Crippen molar-refractivity contribution in [2.75, 3.05) is 0 Å². The van der Waals surface area contributed by atoms with Crippen LogP contribution in [-0.2, 0) is 14.9 Å². The Labute approximate surface area is 126 Å². The smallest absolute Gasteiger partial charge is 0.253 e. The summed E-state index contributed by atoms with van der Waals surface area (Å²) in [6.45, 7) is 1.91. The molecule has 0 radical (unpaired) electrons. The minimum Gasteiger partial charge on any atom is -0.253 e. The van der Waals surface area contributed by atoms with E-state index in [1.807, 2.05) is 31.2 Å². The van der Waals surface area contributed by atoms with Crippen LogP contribution >= 0.6 is 15.9 Å². The normalized spacial score (nSPS) is 21.7. The molecule has 104 valence electrons. The summed E-state index contributed by atoms with van der Waals surface area (Å²) < 4.78 is 26.7. The minimum atomic E-state index is -3.59. The van der Waals surface area contributed by atoms with Crippen LogP contribution < -0.4 is 0 Å². The number of aryl methyl sites for hydroxylation is 1. The maximum absolute atomic E-state index is 12.3. The third-order valence-electron chi connectivity index (χ3n) is 3.06. The van der Waals surface area contributed by atoms with Crippen molar-refractivity contribution in [2.45, 2.75) is 18.0 Å². The molecule has 0 N–H and O–H groups in total. The lowest BCUT2D eigenvalue weighted by atomic mass is 10.2. The molecular formula is C14H12BrNO3S. The molecule has 0 aromatic heterocycles. The molecule has 20 heavy (non-hydrogen) atoms. The van der Waals surface area contributed by atoms with Crippen LogP contribution in [0.15, 0.2) is 57.9 Å². The lowest BCUT2D eigenvalue weighted by Gasteiger charge is -2.03. The highest BCUT2D eigenvalue weighted by atomic mass is 79.9. The maximum Gasteiger partial charge on any atom is 0.267 e. The molecule has 1 saturated heterocycles. The number of halogens is 1. The fourth-order valence-electron chi connectivity index (χ4n) is 1.88. The molecule has 1 unspecified atom stereocenters. The highest BCUT2D eigenvalue weighted by Gasteiger charge is 2.48. The fraction of sp³-hybridized carbons (Fsp3) is 0.143. The average Bonchev–Trinajstić information content (AvgIpc) is 3.21. The van der Waals surface area contributed by atoms with Gasteiger partial charge < -0.3 is 0 Å². The van der Waals surface area contributed by atoms with Gasteiger partial charge in [-0.2, -0.15) is 0 Å². The van der Waals surface area contributed by atoms with Crippen LogP contribution in [0.2, 0.25) is 0 Å². The number of hydroxylamine groups is 1. The Morgan fingerprint density at radius 3 is 2.25 bits per heavy atom. The lowest BCUT2D eigenvalue weighted by molar-refractivity contribution is 0.283. The van der Waals surface area contributed by atoms with Gasteiger partial charge in [0.05, 0.1) is 4.90 Å². The van der Waals surface area contributed by atoms with Crippen LogP contribution in [0.4, 0.5) is 0 Å². The van der Waals surface area contributed by atoms with Gasteiger partial charge in [0.25, 0.3) is 10.0 Å². The van der Waals surface area contributed by atoms with Gasteiger partial charge in [-0.15, -0.1) is 0 Å². The van der Waals surface area contributed by atoms with Gasteiger partial charge in [0.1, 0.15) is 0 Å². The molecule has 0 saturated carbocycles. The molecule has 2 aromatic carbocycles. The quantitative estimate of drug-likeness (QED) is 0.794. The molecule has 3 rings (SSSR count). The van der Waals surface area contributed by atoms with E-state index in [0.717, 1.165) is 20.1 Å². The first-order chi connectivity index (χ1) is 9.48. The second-order valence-corrected chi connectivity index (χ2v) is 7.28. The van der Waals surface area contributed by atoms with Gasteiger partial charge in [-0.05, 0) is 35.7 Å². The predicted molar refractivity (Wildman–Crippen MR) is 78.2 cm³/mol. The highest BCUT2D eigenvalue weighted by Crippen LogP contribution is 2.42. The summed E-state index contributed by atoms with van der Waals surface area (Å²) in [5, 5.41) is 0. The van der Waals surface area contributed by atoms with E-state index in [1.54, 1.807) is 24.3 Å². The molecule has 1 aliphatic rings. The van der Waals surface area contributed by atoms with E-state index in [2.05, 4.69) is 15.9 Å². The van der Waals surface area contributed by atoms with Gasteiger partial charge in [0, 0.05) is 10.0 Å². The van der Waals surface area contributed by atoms with Crippen molar-refractivity contribution in [1.82, 2.24) is 4.47 Å². The highest BCUT2D eigenvalue weighted by molar-refractivity contribution is 9.10. The third-order valence-corrected chi connectivity index (χ3v) is 5.21. The summed E-state index contributed by atoms with van der Waals surface area (Å²) in [6, 6.07) is 14.1. The summed E-state index contributed by atoms with van der Waals surface area (Å²) in [4.78, 5) is 5.46. The van der Waals surface area contributed by atoms with Crippen LogP contribution in [0.5, 0.6) is 0 Å².